The fourth-order valence-electron chi connectivity index (χ4n) is 2.40. The van der Waals surface area contributed by atoms with E-state index in [0.717, 1.165) is 5.56 Å². The lowest BCUT2D eigenvalue weighted by molar-refractivity contribution is -0.130. The third-order valence-electron chi connectivity index (χ3n) is 3.93. The number of nitrogens with one attached hydrogen (secondary N) is 2. The molecule has 0 bridgehead atoms. The number of rotatable bonds is 8. The van der Waals surface area contributed by atoms with Crippen molar-refractivity contribution in [1.82, 2.24) is 15.5 Å². The Morgan fingerprint density at radius 3 is 2.38 bits per heavy atom. The van der Waals surface area contributed by atoms with Crippen molar-refractivity contribution < 1.29 is 14.4 Å². The van der Waals surface area contributed by atoms with Gasteiger partial charge in [-0.2, -0.15) is 11.3 Å². The van der Waals surface area contributed by atoms with Gasteiger partial charge in [-0.15, -0.1) is 0 Å². The molecule has 0 spiro atoms. The van der Waals surface area contributed by atoms with E-state index in [1.54, 1.807) is 42.6 Å². The molecule has 0 aliphatic carbocycles. The van der Waals surface area contributed by atoms with Crippen molar-refractivity contribution in [2.75, 3.05) is 20.6 Å². The Morgan fingerprint density at radius 1 is 1.04 bits per heavy atom. The molecule has 0 radical (unpaired) electrons. The minimum Gasteiger partial charge on any atom is -0.355 e. The van der Waals surface area contributed by atoms with Gasteiger partial charge in [0.25, 0.3) is 11.8 Å². The maximum Gasteiger partial charge on any atom is 0.252 e. The Hall–Kier alpha value is -2.67. The van der Waals surface area contributed by atoms with Gasteiger partial charge in [0.15, 0.2) is 0 Å². The molecule has 0 fully saturated rings. The molecule has 2 rings (SSSR count). The average molecular weight is 373 g/mol. The lowest BCUT2D eigenvalue weighted by atomic mass is 10.1. The summed E-state index contributed by atoms with van der Waals surface area (Å²) in [5, 5.41) is 9.03. The van der Waals surface area contributed by atoms with E-state index in [2.05, 4.69) is 10.6 Å². The number of hydrogen-bond donors (Lipinski definition) is 2. The first-order chi connectivity index (χ1) is 12.5. The molecule has 0 saturated heterocycles. The van der Waals surface area contributed by atoms with Crippen LogP contribution in [0, 0.1) is 0 Å². The number of carbonyl (C=O) groups excluding carboxylic acids is 3. The third kappa shape index (κ3) is 5.70. The largest absolute Gasteiger partial charge is 0.355 e. The highest BCUT2D eigenvalue weighted by molar-refractivity contribution is 7.08. The second-order valence-electron chi connectivity index (χ2n) is 5.90. The van der Waals surface area contributed by atoms with E-state index in [4.69, 9.17) is 0 Å². The average Bonchev–Trinajstić information content (AvgIpc) is 3.19. The van der Waals surface area contributed by atoms with Crippen molar-refractivity contribution >= 4 is 29.1 Å². The molecule has 2 aromatic rings. The normalized spacial score (nSPS) is 10.2. The molecule has 0 aliphatic heterocycles. The van der Waals surface area contributed by atoms with Crippen LogP contribution in [-0.4, -0.2) is 43.3 Å². The topological polar surface area (TPSA) is 78.5 Å². The molecule has 0 unspecified atom stereocenters. The van der Waals surface area contributed by atoms with E-state index in [-0.39, 0.29) is 17.7 Å². The molecule has 2 N–H and O–H groups in total. The molecule has 0 saturated carbocycles. The zero-order valence-electron chi connectivity index (χ0n) is 15.0. The first-order valence-corrected chi connectivity index (χ1v) is 9.31. The summed E-state index contributed by atoms with van der Waals surface area (Å²) in [4.78, 5) is 37.2. The van der Waals surface area contributed by atoms with Crippen molar-refractivity contribution in [3.05, 3.63) is 57.8 Å². The smallest absolute Gasteiger partial charge is 0.252 e. The molecule has 1 aromatic carbocycles. The summed E-state index contributed by atoms with van der Waals surface area (Å²) >= 11 is 1.48. The van der Waals surface area contributed by atoms with E-state index >= 15 is 0 Å². The highest BCUT2D eigenvalue weighted by Gasteiger charge is 2.11. The van der Waals surface area contributed by atoms with Gasteiger partial charge >= 0.3 is 0 Å². The Bertz CT molecular complexity index is 742. The standard InChI is InChI=1S/C19H23N3O3S/c1-20-18(24)15-7-5-14(6-8-15)12-22(2)17(23)4-3-10-21-19(25)16-9-11-26-13-16/h5-9,11,13H,3-4,10,12H2,1-2H3,(H,20,24)(H,21,25). The summed E-state index contributed by atoms with van der Waals surface area (Å²) in [5.74, 6) is -0.223. The van der Waals surface area contributed by atoms with Gasteiger partial charge in [0.2, 0.25) is 5.91 Å². The molecule has 0 aliphatic rings. The van der Waals surface area contributed by atoms with Gasteiger partial charge in [0, 0.05) is 50.1 Å². The van der Waals surface area contributed by atoms with E-state index in [1.165, 1.54) is 11.3 Å². The molecule has 1 aromatic heterocycles. The maximum absolute atomic E-state index is 12.2. The summed E-state index contributed by atoms with van der Waals surface area (Å²) in [5.41, 5.74) is 2.20. The van der Waals surface area contributed by atoms with E-state index in [9.17, 15) is 14.4 Å². The van der Waals surface area contributed by atoms with Gasteiger partial charge in [-0.1, -0.05) is 12.1 Å². The summed E-state index contributed by atoms with van der Waals surface area (Å²) in [6.07, 6.45) is 0.964. The van der Waals surface area contributed by atoms with Crippen LogP contribution in [0.5, 0.6) is 0 Å². The van der Waals surface area contributed by atoms with Crippen LogP contribution in [0.15, 0.2) is 41.1 Å². The van der Waals surface area contributed by atoms with Gasteiger partial charge in [0.1, 0.15) is 0 Å². The second-order valence-corrected chi connectivity index (χ2v) is 6.68. The SMILES string of the molecule is CNC(=O)c1ccc(CN(C)C(=O)CCCNC(=O)c2ccsc2)cc1. The highest BCUT2D eigenvalue weighted by atomic mass is 32.1. The Balaban J connectivity index is 1.71. The van der Waals surface area contributed by atoms with E-state index < -0.39 is 0 Å². The van der Waals surface area contributed by atoms with Crippen molar-refractivity contribution in [2.24, 2.45) is 0 Å². The van der Waals surface area contributed by atoms with Crippen LogP contribution in [0.2, 0.25) is 0 Å². The molecule has 138 valence electrons. The number of thiophene rings is 1. The van der Waals surface area contributed by atoms with Crippen molar-refractivity contribution in [1.29, 1.82) is 0 Å². The van der Waals surface area contributed by atoms with Crippen molar-refractivity contribution in [3.8, 4) is 0 Å². The van der Waals surface area contributed by atoms with Crippen LogP contribution < -0.4 is 10.6 Å². The van der Waals surface area contributed by atoms with Gasteiger partial charge in [-0.25, -0.2) is 0 Å². The van der Waals surface area contributed by atoms with Crippen molar-refractivity contribution in [3.63, 3.8) is 0 Å². The van der Waals surface area contributed by atoms with E-state index in [0.29, 0.717) is 37.1 Å². The lowest BCUT2D eigenvalue weighted by Crippen LogP contribution is -2.28. The van der Waals surface area contributed by atoms with Crippen LogP contribution in [0.1, 0.15) is 39.1 Å². The zero-order valence-corrected chi connectivity index (χ0v) is 15.8. The molecule has 7 heteroatoms. The fourth-order valence-corrected chi connectivity index (χ4v) is 3.03. The highest BCUT2D eigenvalue weighted by Crippen LogP contribution is 2.09. The van der Waals surface area contributed by atoms with Crippen molar-refractivity contribution in [2.45, 2.75) is 19.4 Å². The third-order valence-corrected chi connectivity index (χ3v) is 4.61. The zero-order chi connectivity index (χ0) is 18.9. The van der Waals surface area contributed by atoms with Gasteiger partial charge in [-0.05, 0) is 35.6 Å². The minimum atomic E-state index is -0.134. The molecular weight excluding hydrogens is 350 g/mol. The maximum atomic E-state index is 12.2. The molecule has 0 atom stereocenters. The van der Waals surface area contributed by atoms with Crippen LogP contribution >= 0.6 is 11.3 Å². The van der Waals surface area contributed by atoms with Crippen LogP contribution in [-0.2, 0) is 11.3 Å². The Labute approximate surface area is 157 Å². The molecule has 26 heavy (non-hydrogen) atoms. The lowest BCUT2D eigenvalue weighted by Gasteiger charge is -2.17. The fraction of sp³-hybridized carbons (Fsp3) is 0.316. The second kappa shape index (κ2) is 9.72. The number of hydrogen-bond acceptors (Lipinski definition) is 4. The molecule has 6 nitrogen and oxygen atoms in total. The Kier molecular flexibility index (Phi) is 7.35. The van der Waals surface area contributed by atoms with Crippen LogP contribution in [0.4, 0.5) is 0 Å². The molecule has 1 heterocycles. The van der Waals surface area contributed by atoms with Crippen LogP contribution in [0.25, 0.3) is 0 Å². The predicted molar refractivity (Wildman–Crippen MR) is 102 cm³/mol. The van der Waals surface area contributed by atoms with Gasteiger partial charge < -0.3 is 15.5 Å². The van der Waals surface area contributed by atoms with Gasteiger partial charge in [-0.3, -0.25) is 14.4 Å². The number of benzene rings is 1. The minimum absolute atomic E-state index is 0.0187. The molecule has 3 amide bonds. The Morgan fingerprint density at radius 2 is 1.77 bits per heavy atom. The first-order valence-electron chi connectivity index (χ1n) is 8.36. The molecular formula is C19H23N3O3S. The van der Waals surface area contributed by atoms with Crippen LogP contribution in [0.3, 0.4) is 0 Å². The predicted octanol–water partition coefficient (Wildman–Crippen LogP) is 2.28. The van der Waals surface area contributed by atoms with E-state index in [1.807, 2.05) is 17.5 Å². The summed E-state index contributed by atoms with van der Waals surface area (Å²) in [6.45, 7) is 0.948. The summed E-state index contributed by atoms with van der Waals surface area (Å²) in [6, 6.07) is 8.94. The number of carbonyl (C=O) groups is 3. The quantitative estimate of drug-likeness (QED) is 0.697. The summed E-state index contributed by atoms with van der Waals surface area (Å²) < 4.78 is 0. The monoisotopic (exact) mass is 373 g/mol. The first kappa shape index (κ1) is 19.7. The summed E-state index contributed by atoms with van der Waals surface area (Å²) in [7, 11) is 3.34. The number of amides is 3. The number of nitrogens with zero attached hydrogens (tertiary/aromatic N) is 1. The van der Waals surface area contributed by atoms with Gasteiger partial charge in [0.05, 0.1) is 0 Å².